The molecule has 11 nitrogen and oxygen atoms in total. The van der Waals surface area contributed by atoms with Crippen molar-refractivity contribution in [2.45, 2.75) is 25.0 Å². The second kappa shape index (κ2) is 5.54. The fraction of sp³-hybridized carbons (Fsp3) is 0.500. The van der Waals surface area contributed by atoms with Crippen LogP contribution in [0.2, 0.25) is 0 Å². The fourth-order valence-corrected chi connectivity index (χ4v) is 2.53. The number of nitrogens with two attached hydrogens (primary N) is 1. The summed E-state index contributed by atoms with van der Waals surface area (Å²) in [6.07, 6.45) is -0.889. The van der Waals surface area contributed by atoms with Gasteiger partial charge in [0.1, 0.15) is 36.5 Å². The molecule has 0 saturated carbocycles. The van der Waals surface area contributed by atoms with Crippen LogP contribution in [0, 0.1) is 0 Å². The van der Waals surface area contributed by atoms with E-state index in [0.717, 1.165) is 0 Å². The van der Waals surface area contributed by atoms with Gasteiger partial charge in [0.2, 0.25) is 0 Å². The second-order valence-electron chi connectivity index (χ2n) is 4.81. The van der Waals surface area contributed by atoms with Crippen LogP contribution in [-0.2, 0) is 14.0 Å². The van der Waals surface area contributed by atoms with Crippen molar-refractivity contribution in [3.63, 3.8) is 0 Å². The van der Waals surface area contributed by atoms with Crippen LogP contribution in [0.5, 0.6) is 0 Å². The predicted molar refractivity (Wildman–Crippen MR) is 71.4 cm³/mol. The SMILES string of the molecule is Nc1c2ncnc-2ncn1[C@H]1C[C@H](O)[C@@H](OCP(=O)(O)O)O1. The predicted octanol–water partition coefficient (Wildman–Crippen LogP) is -0.882. The summed E-state index contributed by atoms with van der Waals surface area (Å²) in [5.74, 6) is 0.650. The van der Waals surface area contributed by atoms with Crippen molar-refractivity contribution in [1.82, 2.24) is 19.5 Å². The van der Waals surface area contributed by atoms with Gasteiger partial charge in [-0.3, -0.25) is 9.13 Å². The number of aliphatic hydroxyl groups excluding tert-OH is 1. The Hall–Kier alpha value is -1.62. The second-order valence-corrected chi connectivity index (χ2v) is 6.39. The first-order valence-electron chi connectivity index (χ1n) is 6.28. The molecule has 0 spiro atoms. The number of nitrogen functional groups attached to an aromatic ring is 1. The molecule has 0 aromatic heterocycles. The summed E-state index contributed by atoms with van der Waals surface area (Å²) in [6.45, 7) is 0. The Balaban J connectivity index is 1.77. The number of anilines is 1. The number of rotatable bonds is 4. The molecule has 0 aliphatic carbocycles. The summed E-state index contributed by atoms with van der Waals surface area (Å²) < 4.78 is 22.6. The molecule has 0 amide bonds. The van der Waals surface area contributed by atoms with Crippen molar-refractivity contribution in [3.8, 4) is 11.5 Å². The van der Waals surface area contributed by atoms with Crippen molar-refractivity contribution < 1.29 is 28.9 Å². The van der Waals surface area contributed by atoms with E-state index in [-0.39, 0.29) is 12.2 Å². The van der Waals surface area contributed by atoms with Gasteiger partial charge in [0, 0.05) is 6.42 Å². The molecule has 12 heteroatoms. The molecule has 0 radical (unpaired) electrons. The van der Waals surface area contributed by atoms with E-state index in [2.05, 4.69) is 15.0 Å². The highest BCUT2D eigenvalue weighted by Crippen LogP contribution is 2.38. The van der Waals surface area contributed by atoms with Gasteiger partial charge in [-0.15, -0.1) is 0 Å². The molecule has 0 unspecified atom stereocenters. The Labute approximate surface area is 124 Å². The Kier molecular flexibility index (Phi) is 3.85. The standard InChI is InChI=1S/C10H14N5O6P/c11-8-7-9(13-2-12-7)14-3-15(8)6-1-5(16)10(21-6)20-4-22(17,18)19/h2-3,5-6,10,16H,1,4,11H2,(H2,17,18,19)/t5-,6+,10-/m0/s1. The highest BCUT2D eigenvalue weighted by molar-refractivity contribution is 7.51. The largest absolute Gasteiger partial charge is 0.388 e. The molecule has 0 aromatic rings. The number of imidazole rings is 1. The normalized spacial score (nSPS) is 25.9. The molecule has 3 rings (SSSR count). The van der Waals surface area contributed by atoms with Crippen LogP contribution >= 0.6 is 7.60 Å². The van der Waals surface area contributed by atoms with Gasteiger partial charge in [0.25, 0.3) is 0 Å². The van der Waals surface area contributed by atoms with Crippen LogP contribution in [0.15, 0.2) is 12.7 Å². The number of aliphatic hydroxyl groups is 1. The van der Waals surface area contributed by atoms with Crippen LogP contribution in [0.3, 0.4) is 0 Å². The molecule has 0 bridgehead atoms. The average molecular weight is 331 g/mol. The Morgan fingerprint density at radius 2 is 2.23 bits per heavy atom. The van der Waals surface area contributed by atoms with Gasteiger partial charge < -0.3 is 30.1 Å². The van der Waals surface area contributed by atoms with Crippen molar-refractivity contribution in [3.05, 3.63) is 12.7 Å². The van der Waals surface area contributed by atoms with E-state index < -0.39 is 32.6 Å². The summed E-state index contributed by atoms with van der Waals surface area (Å²) in [5, 5.41) is 9.88. The number of fused-ring (bicyclic) bond motifs is 1. The zero-order valence-corrected chi connectivity index (χ0v) is 12.1. The third kappa shape index (κ3) is 2.95. The Bertz CT molecular complexity index is 688. The maximum atomic E-state index is 10.8. The average Bonchev–Trinajstić information content (AvgIpc) is 3.03. The van der Waals surface area contributed by atoms with E-state index in [9.17, 15) is 9.67 Å². The van der Waals surface area contributed by atoms with Crippen molar-refractivity contribution in [2.24, 2.45) is 0 Å². The van der Waals surface area contributed by atoms with Gasteiger partial charge in [0.05, 0.1) is 0 Å². The minimum Gasteiger partial charge on any atom is -0.388 e. The van der Waals surface area contributed by atoms with Gasteiger partial charge >= 0.3 is 7.60 Å². The lowest BCUT2D eigenvalue weighted by molar-refractivity contribution is -0.167. The van der Waals surface area contributed by atoms with Gasteiger partial charge in [0.15, 0.2) is 18.5 Å². The fourth-order valence-electron chi connectivity index (χ4n) is 2.18. The van der Waals surface area contributed by atoms with E-state index in [1.807, 2.05) is 0 Å². The minimum absolute atomic E-state index is 0.127. The van der Waals surface area contributed by atoms with E-state index >= 15 is 0 Å². The summed E-state index contributed by atoms with van der Waals surface area (Å²) >= 11 is 0. The third-order valence-corrected chi connectivity index (χ3v) is 3.66. The summed E-state index contributed by atoms with van der Waals surface area (Å²) in [6, 6.07) is 0. The highest BCUT2D eigenvalue weighted by Gasteiger charge is 2.38. The number of aromatic nitrogens is 4. The van der Waals surface area contributed by atoms with Crippen molar-refractivity contribution in [1.29, 1.82) is 0 Å². The zero-order chi connectivity index (χ0) is 15.9. The summed E-state index contributed by atoms with van der Waals surface area (Å²) in [4.78, 5) is 29.5. The zero-order valence-electron chi connectivity index (χ0n) is 11.2. The molecule has 120 valence electrons. The molecule has 0 aromatic carbocycles. The molecule has 1 saturated heterocycles. The molecular weight excluding hydrogens is 317 g/mol. The molecule has 3 heterocycles. The first-order chi connectivity index (χ1) is 10.3. The lowest BCUT2D eigenvalue weighted by atomic mass is 10.2. The topological polar surface area (TPSA) is 166 Å². The lowest BCUT2D eigenvalue weighted by Crippen LogP contribution is -2.24. The van der Waals surface area contributed by atoms with Crippen LogP contribution < -0.4 is 5.73 Å². The number of ether oxygens (including phenoxy) is 2. The van der Waals surface area contributed by atoms with E-state index in [1.54, 1.807) is 0 Å². The summed E-state index contributed by atoms with van der Waals surface area (Å²) in [7, 11) is -4.35. The monoisotopic (exact) mass is 331 g/mol. The van der Waals surface area contributed by atoms with E-state index in [1.165, 1.54) is 17.2 Å². The molecule has 3 atom stereocenters. The third-order valence-electron chi connectivity index (χ3n) is 3.17. The molecule has 22 heavy (non-hydrogen) atoms. The van der Waals surface area contributed by atoms with Crippen molar-refractivity contribution in [2.75, 3.05) is 12.1 Å². The first-order valence-corrected chi connectivity index (χ1v) is 8.07. The van der Waals surface area contributed by atoms with Gasteiger partial charge in [-0.2, -0.15) is 0 Å². The quantitative estimate of drug-likeness (QED) is 0.516. The van der Waals surface area contributed by atoms with Crippen molar-refractivity contribution >= 4 is 13.4 Å². The maximum absolute atomic E-state index is 10.8. The molecule has 5 N–H and O–H groups in total. The number of hydrogen-bond donors (Lipinski definition) is 4. The van der Waals surface area contributed by atoms with E-state index in [0.29, 0.717) is 11.5 Å². The lowest BCUT2D eigenvalue weighted by Gasteiger charge is -2.19. The highest BCUT2D eigenvalue weighted by atomic mass is 31.2. The Morgan fingerprint density at radius 3 is 2.95 bits per heavy atom. The summed E-state index contributed by atoms with van der Waals surface area (Å²) in [5.41, 5.74) is 6.37. The van der Waals surface area contributed by atoms with Gasteiger partial charge in [-0.1, -0.05) is 0 Å². The number of nitrogens with zero attached hydrogens (tertiary/aromatic N) is 4. The Morgan fingerprint density at radius 1 is 1.45 bits per heavy atom. The van der Waals surface area contributed by atoms with Gasteiger partial charge in [-0.25, -0.2) is 15.0 Å². The van der Waals surface area contributed by atoms with Crippen LogP contribution in [-0.4, -0.2) is 53.2 Å². The maximum Gasteiger partial charge on any atom is 0.351 e. The van der Waals surface area contributed by atoms with Crippen LogP contribution in [0.1, 0.15) is 12.6 Å². The smallest absolute Gasteiger partial charge is 0.351 e. The first kappa shape index (κ1) is 15.3. The number of hydrogen-bond acceptors (Lipinski definition) is 8. The van der Waals surface area contributed by atoms with Gasteiger partial charge in [-0.05, 0) is 0 Å². The minimum atomic E-state index is -4.35. The molecular formula is C10H14N5O6P. The van der Waals surface area contributed by atoms with Crippen LogP contribution in [0.4, 0.5) is 5.82 Å². The van der Waals surface area contributed by atoms with E-state index in [4.69, 9.17) is 25.0 Å². The molecule has 3 aliphatic rings. The molecule has 1 fully saturated rings. The molecule has 3 aliphatic heterocycles. The van der Waals surface area contributed by atoms with Crippen LogP contribution in [0.25, 0.3) is 11.5 Å².